The molecule has 4 heterocycles. The number of ether oxygens (including phenoxy) is 3. The summed E-state index contributed by atoms with van der Waals surface area (Å²) in [6, 6.07) is 0.797. The molecule has 3 N–H and O–H groups in total. The van der Waals surface area contributed by atoms with Gasteiger partial charge in [0.2, 0.25) is 6.79 Å². The third kappa shape index (κ3) is 4.28. The monoisotopic (exact) mass is 751 g/mol. The van der Waals surface area contributed by atoms with Gasteiger partial charge in [0.05, 0.1) is 18.1 Å². The quantitative estimate of drug-likeness (QED) is 0.406. The Hall–Kier alpha value is -1.57. The molecule has 0 aromatic heterocycles. The van der Waals surface area contributed by atoms with Crippen molar-refractivity contribution < 1.29 is 78.4 Å². The first-order chi connectivity index (χ1) is 18.1. The molecule has 4 aliphatic heterocycles. The molecule has 5 atom stereocenters. The van der Waals surface area contributed by atoms with Crippen molar-refractivity contribution in [3.05, 3.63) is 45.0 Å². The van der Waals surface area contributed by atoms with Gasteiger partial charge in [-0.2, -0.15) is 0 Å². The third-order valence-corrected chi connectivity index (χ3v) is 9.15. The number of aliphatic hydroxyl groups is 1. The molecule has 0 aliphatic carbocycles. The summed E-state index contributed by atoms with van der Waals surface area (Å²) in [5.41, 5.74) is 5.79. The molecule has 1 unspecified atom stereocenters. The number of hydrogen-bond acceptors (Lipinski definition) is 9. The molecule has 0 amide bonds. The Morgan fingerprint density at radius 2 is 1.77 bits per heavy atom. The fourth-order valence-electron chi connectivity index (χ4n) is 7.13. The largest absolute Gasteiger partial charge is 0.507 e. The van der Waals surface area contributed by atoms with Gasteiger partial charge in [0, 0.05) is 78.8 Å². The number of phenolic OH excluding ortho intramolecular Hbond substituents is 2. The van der Waals surface area contributed by atoms with Crippen LogP contribution in [-0.4, -0.2) is 69.8 Å². The maximum absolute atomic E-state index is 12.5. The molecule has 2 aromatic rings. The summed E-state index contributed by atoms with van der Waals surface area (Å²) in [7, 11) is 1.99. The molecule has 4 aliphatic rings. The molecule has 0 saturated carbocycles. The van der Waals surface area contributed by atoms with Crippen molar-refractivity contribution in [3.63, 3.8) is 0 Å². The van der Waals surface area contributed by atoms with Crippen LogP contribution in [0.15, 0.2) is 6.07 Å². The Morgan fingerprint density at radius 1 is 1.05 bits per heavy atom. The minimum absolute atomic E-state index is 0. The smallest absolute Gasteiger partial charge is 0.305 e. The molecule has 6 rings (SSSR count). The van der Waals surface area contributed by atoms with Crippen LogP contribution in [0.25, 0.3) is 0 Å². The van der Waals surface area contributed by atoms with E-state index in [2.05, 4.69) is 11.0 Å². The minimum atomic E-state index is -0.873. The molecule has 2 aromatic carbocycles. The number of aliphatic hydroxyl groups excluding tert-OH is 1. The minimum Gasteiger partial charge on any atom is -0.507 e. The van der Waals surface area contributed by atoms with E-state index >= 15 is 0 Å². The number of fused-ring (bicyclic) bond motifs is 9. The second-order valence-electron chi connectivity index (χ2n) is 11.1. The number of hydrogen-bond donors (Lipinski definition) is 3. The van der Waals surface area contributed by atoms with Crippen molar-refractivity contribution >= 4 is 5.97 Å². The van der Waals surface area contributed by atoms with Gasteiger partial charge in [0.1, 0.15) is 24.3 Å². The molecule has 2 bridgehead atoms. The van der Waals surface area contributed by atoms with Crippen molar-refractivity contribution in [2.45, 2.75) is 83.8 Å². The number of carbonyl (C=O) groups is 1. The van der Waals surface area contributed by atoms with Gasteiger partial charge in [-0.25, -0.2) is 0 Å². The number of likely N-dealkylation sites (N-methyl/N-ethyl adjacent to an activating group) is 1. The molecule has 0 spiro atoms. The average molecular weight is 752 g/mol. The molecular formula is C29H36AcN2O7. The SMILES string of the molecule is CCCC(=O)OC[C@H]1c2c(c(O)c(C)c3c2OCO3)CC2[C@H]3c4c(cc(C)c(C)c4O)C[C@@H]([C@H](O)N21)N3C.[Ac]. The van der Waals surface area contributed by atoms with Gasteiger partial charge in [-0.3, -0.25) is 14.6 Å². The van der Waals surface area contributed by atoms with Gasteiger partial charge in [0.15, 0.2) is 11.5 Å². The predicted octanol–water partition coefficient (Wildman–Crippen LogP) is 3.29. The summed E-state index contributed by atoms with van der Waals surface area (Å²) in [5, 5.41) is 34.6. The van der Waals surface area contributed by atoms with Gasteiger partial charge in [-0.05, 0) is 63.8 Å². The number of nitrogens with zero attached hydrogens (tertiary/aromatic N) is 2. The summed E-state index contributed by atoms with van der Waals surface area (Å²) >= 11 is 0. The van der Waals surface area contributed by atoms with Crippen LogP contribution in [0.4, 0.5) is 0 Å². The van der Waals surface area contributed by atoms with E-state index in [1.807, 2.05) is 32.7 Å². The number of aromatic hydroxyl groups is 2. The second kappa shape index (κ2) is 10.7. The van der Waals surface area contributed by atoms with E-state index in [4.69, 9.17) is 14.2 Å². The van der Waals surface area contributed by atoms with E-state index in [0.29, 0.717) is 53.9 Å². The Labute approximate surface area is 264 Å². The number of piperazine rings is 1. The van der Waals surface area contributed by atoms with Crippen LogP contribution in [0, 0.1) is 64.8 Å². The summed E-state index contributed by atoms with van der Waals surface area (Å²) in [6.07, 6.45) is 1.10. The van der Waals surface area contributed by atoms with E-state index in [-0.39, 0.29) is 93.1 Å². The number of benzene rings is 2. The van der Waals surface area contributed by atoms with Crippen molar-refractivity contribution in [3.8, 4) is 23.0 Å². The van der Waals surface area contributed by atoms with E-state index in [1.165, 1.54) is 0 Å². The number of esters is 1. The molecule has 1 saturated heterocycles. The summed E-state index contributed by atoms with van der Waals surface area (Å²) in [6.45, 7) is 7.69. The van der Waals surface area contributed by atoms with Crippen molar-refractivity contribution in [2.75, 3.05) is 20.4 Å². The molecular weight excluding hydrogens is 715 g/mol. The van der Waals surface area contributed by atoms with E-state index in [0.717, 1.165) is 22.3 Å². The van der Waals surface area contributed by atoms with E-state index in [9.17, 15) is 20.1 Å². The number of rotatable bonds is 4. The summed E-state index contributed by atoms with van der Waals surface area (Å²) < 4.78 is 17.4. The van der Waals surface area contributed by atoms with Crippen LogP contribution >= 0.6 is 0 Å². The maximum atomic E-state index is 12.5. The molecule has 9 nitrogen and oxygen atoms in total. The van der Waals surface area contributed by atoms with Gasteiger partial charge >= 0.3 is 5.97 Å². The van der Waals surface area contributed by atoms with Crippen molar-refractivity contribution in [1.82, 2.24) is 9.80 Å². The standard InChI is InChI=1S/C29H36N2O7.Ac/c1-6-7-21(32)36-11-20-23-17(25(33)15(4)27-28(23)38-12-37-27)10-18-24-22-16(8-13(2)14(3)26(22)34)9-19(30(24)5)29(35)31(18)20;/h8,18-20,24,29,33-35H,6-7,9-12H2,1-5H3;/t18?,19-,20-,24-,29-;/m0./s1. The fourth-order valence-corrected chi connectivity index (χ4v) is 7.13. The van der Waals surface area contributed by atoms with Gasteiger partial charge in [-0.1, -0.05) is 13.0 Å². The molecule has 207 valence electrons. The first-order valence-electron chi connectivity index (χ1n) is 13.4. The molecule has 10 heteroatoms. The van der Waals surface area contributed by atoms with E-state index in [1.54, 1.807) is 6.92 Å². The Morgan fingerprint density at radius 3 is 2.49 bits per heavy atom. The number of phenols is 2. The first-order valence-corrected chi connectivity index (χ1v) is 13.4. The summed E-state index contributed by atoms with van der Waals surface area (Å²) in [5.74, 6) is 1.14. The Bertz CT molecular complexity index is 1330. The number of carbonyl (C=O) groups excluding carboxylic acids is 1. The van der Waals surface area contributed by atoms with Crippen molar-refractivity contribution in [2.24, 2.45) is 0 Å². The zero-order valence-corrected chi connectivity index (χ0v) is 27.9. The van der Waals surface area contributed by atoms with Crippen molar-refractivity contribution in [1.29, 1.82) is 0 Å². The Kier molecular flexibility index (Phi) is 7.93. The topological polar surface area (TPSA) is 112 Å². The normalized spacial score (nSPS) is 26.8. The Balaban J connectivity index is 0.00000308. The second-order valence-corrected chi connectivity index (χ2v) is 11.1. The van der Waals surface area contributed by atoms with Crippen LogP contribution in [-0.2, 0) is 22.4 Å². The average Bonchev–Trinajstić information content (AvgIpc) is 3.37. The third-order valence-electron chi connectivity index (χ3n) is 9.15. The van der Waals surface area contributed by atoms with E-state index < -0.39 is 12.3 Å². The van der Waals surface area contributed by atoms with Crippen LogP contribution < -0.4 is 9.47 Å². The van der Waals surface area contributed by atoms with Gasteiger partial charge < -0.3 is 29.5 Å². The molecule has 39 heavy (non-hydrogen) atoms. The fraction of sp³-hybridized carbons (Fsp3) is 0.552. The van der Waals surface area contributed by atoms with Crippen LogP contribution in [0.3, 0.4) is 0 Å². The van der Waals surface area contributed by atoms with Gasteiger partial charge in [-0.15, -0.1) is 0 Å². The van der Waals surface area contributed by atoms with Crippen LogP contribution in [0.5, 0.6) is 23.0 Å². The zero-order valence-electron chi connectivity index (χ0n) is 23.2. The summed E-state index contributed by atoms with van der Waals surface area (Å²) in [4.78, 5) is 16.6. The van der Waals surface area contributed by atoms with Gasteiger partial charge in [0.25, 0.3) is 0 Å². The first kappa shape index (κ1) is 28.9. The molecule has 1 fully saturated rings. The predicted molar refractivity (Wildman–Crippen MR) is 138 cm³/mol. The number of aryl methyl sites for hydroxylation is 1. The maximum Gasteiger partial charge on any atom is 0.305 e. The molecule has 1 radical (unpaired) electrons. The van der Waals surface area contributed by atoms with Crippen LogP contribution in [0.2, 0.25) is 0 Å². The zero-order chi connectivity index (χ0) is 27.0. The van der Waals surface area contributed by atoms with Crippen LogP contribution in [0.1, 0.15) is 70.8 Å².